The van der Waals surface area contributed by atoms with Crippen LogP contribution in [0.15, 0.2) is 22.4 Å². The van der Waals surface area contributed by atoms with Gasteiger partial charge in [0.2, 0.25) is 0 Å². The Morgan fingerprint density at radius 1 is 0.583 bits per heavy atom. The fourth-order valence-corrected chi connectivity index (χ4v) is 4.30. The molecule has 2 heterocycles. The molecule has 0 fully saturated rings. The zero-order chi connectivity index (χ0) is 17.4. The smallest absolute Gasteiger partial charge is 0.187 e. The molecule has 0 radical (unpaired) electrons. The van der Waals surface area contributed by atoms with Crippen molar-refractivity contribution in [3.8, 4) is 0 Å². The van der Waals surface area contributed by atoms with Gasteiger partial charge in [-0.15, -0.1) is 0 Å². The van der Waals surface area contributed by atoms with Crippen LogP contribution < -0.4 is 0 Å². The second-order valence-electron chi connectivity index (χ2n) is 5.98. The van der Waals surface area contributed by atoms with Crippen molar-refractivity contribution in [2.75, 3.05) is 11.5 Å². The summed E-state index contributed by atoms with van der Waals surface area (Å²) in [6, 6.07) is 4.03. The number of rotatable bonds is 9. The van der Waals surface area contributed by atoms with Crippen molar-refractivity contribution in [2.24, 2.45) is 0 Å². The largest absolute Gasteiger partial charge is 0.228 e. The number of hydrogen-bond donors (Lipinski definition) is 0. The van der Waals surface area contributed by atoms with E-state index in [4.69, 9.17) is 0 Å². The van der Waals surface area contributed by atoms with Gasteiger partial charge in [0.1, 0.15) is 0 Å². The first kappa shape index (κ1) is 19.2. The highest BCUT2D eigenvalue weighted by atomic mass is 32.2. The molecule has 6 heteroatoms. The number of hydrogen-bond acceptors (Lipinski definition) is 6. The molecule has 2 aromatic heterocycles. The molecule has 2 aromatic rings. The maximum Gasteiger partial charge on any atom is 0.187 e. The SMILES string of the molecule is Cc1cc(C)nc(SCCCCCCSc2nc(C)cc(C)n2)n1. The average molecular weight is 363 g/mol. The maximum absolute atomic E-state index is 4.46. The normalized spacial score (nSPS) is 11.0. The molecule has 0 bridgehead atoms. The molecule has 0 aliphatic carbocycles. The van der Waals surface area contributed by atoms with Crippen LogP contribution in [0.1, 0.15) is 48.5 Å². The van der Waals surface area contributed by atoms with Crippen LogP contribution in [0.4, 0.5) is 0 Å². The molecule has 0 saturated carbocycles. The van der Waals surface area contributed by atoms with Crippen LogP contribution in [0, 0.1) is 27.7 Å². The molecule has 0 spiro atoms. The lowest BCUT2D eigenvalue weighted by Crippen LogP contribution is -1.94. The topological polar surface area (TPSA) is 51.6 Å². The minimum Gasteiger partial charge on any atom is -0.228 e. The molecule has 2 rings (SSSR count). The van der Waals surface area contributed by atoms with Gasteiger partial charge < -0.3 is 0 Å². The summed E-state index contributed by atoms with van der Waals surface area (Å²) in [5, 5.41) is 1.82. The summed E-state index contributed by atoms with van der Waals surface area (Å²) in [5.74, 6) is 2.19. The third-order valence-corrected chi connectivity index (χ3v) is 5.29. The highest BCUT2D eigenvalue weighted by molar-refractivity contribution is 7.99. The molecule has 0 N–H and O–H groups in total. The fourth-order valence-electron chi connectivity index (χ4n) is 2.40. The Bertz CT molecular complexity index is 563. The molecular weight excluding hydrogens is 336 g/mol. The van der Waals surface area contributed by atoms with Gasteiger partial charge in [-0.25, -0.2) is 19.9 Å². The molecule has 0 aliphatic rings. The first-order valence-electron chi connectivity index (χ1n) is 8.43. The zero-order valence-electron chi connectivity index (χ0n) is 15.0. The highest BCUT2D eigenvalue weighted by Gasteiger charge is 2.02. The zero-order valence-corrected chi connectivity index (χ0v) is 16.6. The minimum atomic E-state index is 0.912. The van der Waals surface area contributed by atoms with E-state index < -0.39 is 0 Å². The molecule has 0 atom stereocenters. The summed E-state index contributed by atoms with van der Waals surface area (Å²) < 4.78 is 0. The maximum atomic E-state index is 4.46. The van der Waals surface area contributed by atoms with Crippen molar-refractivity contribution in [3.05, 3.63) is 34.9 Å². The Morgan fingerprint density at radius 3 is 1.25 bits per heavy atom. The number of aromatic nitrogens is 4. The highest BCUT2D eigenvalue weighted by Crippen LogP contribution is 2.19. The van der Waals surface area contributed by atoms with Crippen molar-refractivity contribution < 1.29 is 0 Å². The van der Waals surface area contributed by atoms with Gasteiger partial charge in [-0.2, -0.15) is 0 Å². The third kappa shape index (κ3) is 7.18. The van der Waals surface area contributed by atoms with Gasteiger partial charge in [-0.05, 0) is 52.7 Å². The summed E-state index contributed by atoms with van der Waals surface area (Å²) in [6.45, 7) is 8.09. The standard InChI is InChI=1S/C18H26N4S2/c1-13-11-14(2)20-17(19-13)23-9-7-5-6-8-10-24-18-21-15(3)12-16(4)22-18/h11-12H,5-10H2,1-4H3. The molecular formula is C18H26N4S2. The summed E-state index contributed by atoms with van der Waals surface area (Å²) >= 11 is 3.53. The van der Waals surface area contributed by atoms with Crippen LogP contribution in [0.25, 0.3) is 0 Å². The fraction of sp³-hybridized carbons (Fsp3) is 0.556. The molecule has 0 saturated heterocycles. The van der Waals surface area contributed by atoms with Crippen LogP contribution in [0.5, 0.6) is 0 Å². The Labute approximate surface area is 153 Å². The van der Waals surface area contributed by atoms with E-state index in [1.54, 1.807) is 23.5 Å². The van der Waals surface area contributed by atoms with E-state index in [-0.39, 0.29) is 0 Å². The second kappa shape index (κ2) is 9.99. The number of nitrogens with zero attached hydrogens (tertiary/aromatic N) is 4. The number of aryl methyl sites for hydroxylation is 4. The van der Waals surface area contributed by atoms with Crippen molar-refractivity contribution in [2.45, 2.75) is 63.7 Å². The minimum absolute atomic E-state index is 0.912. The van der Waals surface area contributed by atoms with E-state index in [2.05, 4.69) is 19.9 Å². The van der Waals surface area contributed by atoms with Crippen LogP contribution in [0.3, 0.4) is 0 Å². The van der Waals surface area contributed by atoms with E-state index >= 15 is 0 Å². The summed E-state index contributed by atoms with van der Waals surface area (Å²) in [4.78, 5) is 17.9. The first-order chi connectivity index (χ1) is 11.5. The van der Waals surface area contributed by atoms with Gasteiger partial charge in [0.15, 0.2) is 10.3 Å². The molecule has 0 unspecified atom stereocenters. The molecule has 0 amide bonds. The summed E-state index contributed by atoms with van der Waals surface area (Å²) in [6.07, 6.45) is 4.94. The van der Waals surface area contributed by atoms with Crippen LogP contribution in [-0.4, -0.2) is 31.4 Å². The van der Waals surface area contributed by atoms with Gasteiger partial charge in [-0.3, -0.25) is 0 Å². The summed E-state index contributed by atoms with van der Waals surface area (Å²) in [7, 11) is 0. The molecule has 24 heavy (non-hydrogen) atoms. The van der Waals surface area contributed by atoms with Crippen molar-refractivity contribution in [3.63, 3.8) is 0 Å². The first-order valence-corrected chi connectivity index (χ1v) is 10.4. The lowest BCUT2D eigenvalue weighted by Gasteiger charge is -2.04. The van der Waals surface area contributed by atoms with Gasteiger partial charge >= 0.3 is 0 Å². The predicted octanol–water partition coefficient (Wildman–Crippen LogP) is 4.95. The average Bonchev–Trinajstić information content (AvgIpc) is 2.48. The van der Waals surface area contributed by atoms with E-state index in [1.807, 2.05) is 39.8 Å². The van der Waals surface area contributed by atoms with Crippen LogP contribution >= 0.6 is 23.5 Å². The van der Waals surface area contributed by atoms with Gasteiger partial charge in [0.25, 0.3) is 0 Å². The number of unbranched alkanes of at least 4 members (excludes halogenated alkanes) is 3. The van der Waals surface area contributed by atoms with Crippen molar-refractivity contribution in [1.29, 1.82) is 0 Å². The predicted molar refractivity (Wildman–Crippen MR) is 103 cm³/mol. The summed E-state index contributed by atoms with van der Waals surface area (Å²) in [5.41, 5.74) is 4.21. The Balaban J connectivity index is 1.55. The van der Waals surface area contributed by atoms with E-state index in [0.29, 0.717) is 0 Å². The van der Waals surface area contributed by atoms with E-state index in [9.17, 15) is 0 Å². The molecule has 0 aromatic carbocycles. The van der Waals surface area contributed by atoms with Crippen molar-refractivity contribution in [1.82, 2.24) is 19.9 Å². The molecule has 130 valence electrons. The molecule has 0 aliphatic heterocycles. The van der Waals surface area contributed by atoms with Gasteiger partial charge in [-0.1, -0.05) is 36.4 Å². The molecule has 4 nitrogen and oxygen atoms in total. The quantitative estimate of drug-likeness (QED) is 0.357. The third-order valence-electron chi connectivity index (χ3n) is 3.42. The van der Waals surface area contributed by atoms with Gasteiger partial charge in [0, 0.05) is 34.3 Å². The lowest BCUT2D eigenvalue weighted by atomic mass is 10.2. The monoisotopic (exact) mass is 362 g/mol. The Hall–Kier alpha value is -1.14. The lowest BCUT2D eigenvalue weighted by molar-refractivity contribution is 0.709. The number of thioether (sulfide) groups is 2. The van der Waals surface area contributed by atoms with E-state index in [0.717, 1.165) is 44.6 Å². The van der Waals surface area contributed by atoms with E-state index in [1.165, 1.54) is 25.7 Å². The Kier molecular flexibility index (Phi) is 7.99. The van der Waals surface area contributed by atoms with Crippen molar-refractivity contribution >= 4 is 23.5 Å². The van der Waals surface area contributed by atoms with Crippen LogP contribution in [0.2, 0.25) is 0 Å². The van der Waals surface area contributed by atoms with Gasteiger partial charge in [0.05, 0.1) is 0 Å². The van der Waals surface area contributed by atoms with Crippen LogP contribution in [-0.2, 0) is 0 Å². The Morgan fingerprint density at radius 2 is 0.917 bits per heavy atom. The second-order valence-corrected chi connectivity index (χ2v) is 8.10.